The van der Waals surface area contributed by atoms with Gasteiger partial charge < -0.3 is 25.2 Å². The Morgan fingerprint density at radius 1 is 0.909 bits per heavy atom. The summed E-state index contributed by atoms with van der Waals surface area (Å²) in [5, 5.41) is 6.83. The average molecular weight is 638 g/mol. The largest absolute Gasteiger partial charge is 0.496 e. The van der Waals surface area contributed by atoms with Gasteiger partial charge >= 0.3 is 0 Å². The summed E-state index contributed by atoms with van der Waals surface area (Å²) in [6, 6.07) is 17.2. The van der Waals surface area contributed by atoms with Gasteiger partial charge in [0.25, 0.3) is 11.8 Å². The third kappa shape index (κ3) is 7.73. The maximum absolute atomic E-state index is 14.0. The zero-order valence-electron chi connectivity index (χ0n) is 24.9. The van der Waals surface area contributed by atoms with Gasteiger partial charge in [-0.1, -0.05) is 41.8 Å². The number of ether oxygens (including phenoxy) is 1. The van der Waals surface area contributed by atoms with Crippen LogP contribution >= 0.6 is 23.2 Å². The summed E-state index contributed by atoms with van der Waals surface area (Å²) < 4.78 is 5.60. The summed E-state index contributed by atoms with van der Waals surface area (Å²) in [6.07, 6.45) is 5.53. The smallest absolute Gasteiger partial charge is 0.262 e. The van der Waals surface area contributed by atoms with E-state index in [1.807, 2.05) is 12.1 Å². The van der Waals surface area contributed by atoms with Gasteiger partial charge in [-0.2, -0.15) is 0 Å². The normalized spacial score (nSPS) is 16.9. The topological polar surface area (TPSA) is 91.0 Å². The number of benzene rings is 3. The Morgan fingerprint density at radius 2 is 1.70 bits per heavy atom. The van der Waals surface area contributed by atoms with Crippen LogP contribution in [0.1, 0.15) is 70.7 Å². The fourth-order valence-corrected chi connectivity index (χ4v) is 6.46. The number of hydrogen-bond donors (Lipinski definition) is 2. The van der Waals surface area contributed by atoms with Gasteiger partial charge in [0.2, 0.25) is 5.91 Å². The summed E-state index contributed by atoms with van der Waals surface area (Å²) in [4.78, 5) is 44.0. The van der Waals surface area contributed by atoms with E-state index in [-0.39, 0.29) is 23.6 Å². The molecule has 44 heavy (non-hydrogen) atoms. The van der Waals surface area contributed by atoms with Gasteiger partial charge in [0.15, 0.2) is 0 Å². The van der Waals surface area contributed by atoms with Gasteiger partial charge in [-0.05, 0) is 92.7 Å². The number of amides is 3. The number of carbonyl (C=O) groups excluding carboxylic acids is 3. The highest BCUT2D eigenvalue weighted by Crippen LogP contribution is 2.39. The minimum absolute atomic E-state index is 0.00815. The number of carbonyl (C=O) groups is 3. The van der Waals surface area contributed by atoms with Gasteiger partial charge in [0.1, 0.15) is 5.75 Å². The quantitative estimate of drug-likeness (QED) is 0.270. The van der Waals surface area contributed by atoms with E-state index < -0.39 is 0 Å². The Kier molecular flexibility index (Phi) is 10.8. The van der Waals surface area contributed by atoms with Crippen LogP contribution in [0, 0.1) is 0 Å². The van der Waals surface area contributed by atoms with Crippen molar-refractivity contribution in [1.29, 1.82) is 0 Å². The minimum atomic E-state index is -0.364. The zero-order valence-corrected chi connectivity index (χ0v) is 26.4. The van der Waals surface area contributed by atoms with E-state index in [4.69, 9.17) is 27.9 Å². The summed E-state index contributed by atoms with van der Waals surface area (Å²) in [6.45, 7) is 4.17. The van der Waals surface area contributed by atoms with Gasteiger partial charge in [-0.3, -0.25) is 14.4 Å². The molecule has 1 saturated heterocycles. The van der Waals surface area contributed by atoms with E-state index in [1.54, 1.807) is 53.4 Å². The maximum atomic E-state index is 14.0. The molecular formula is C34H38Cl2N4O4. The Hall–Kier alpha value is -3.59. The van der Waals surface area contributed by atoms with Gasteiger partial charge in [-0.15, -0.1) is 0 Å². The number of nitrogens with one attached hydrogen (secondary N) is 2. The molecule has 0 radical (unpaired) electrons. The number of hydrogen-bond acceptors (Lipinski definition) is 5. The molecule has 0 saturated carbocycles. The van der Waals surface area contributed by atoms with Crippen molar-refractivity contribution < 1.29 is 19.1 Å². The fourth-order valence-electron chi connectivity index (χ4n) is 6.06. The van der Waals surface area contributed by atoms with Crippen LogP contribution in [0.5, 0.6) is 5.75 Å². The van der Waals surface area contributed by atoms with Crippen LogP contribution < -0.4 is 20.3 Å². The maximum Gasteiger partial charge on any atom is 0.262 e. The predicted octanol–water partition coefficient (Wildman–Crippen LogP) is 6.77. The van der Waals surface area contributed by atoms with Gasteiger partial charge in [0, 0.05) is 48.5 Å². The average Bonchev–Trinajstić information content (AvgIpc) is 3.20. The first-order valence-electron chi connectivity index (χ1n) is 15.2. The second-order valence-corrected chi connectivity index (χ2v) is 12.1. The van der Waals surface area contributed by atoms with E-state index >= 15 is 0 Å². The molecule has 0 bridgehead atoms. The summed E-state index contributed by atoms with van der Waals surface area (Å²) in [5.74, 6) is -0.330. The Balaban J connectivity index is 1.31. The second-order valence-electron chi connectivity index (χ2n) is 11.3. The molecule has 3 aromatic carbocycles. The molecule has 0 aliphatic carbocycles. The van der Waals surface area contributed by atoms with Crippen LogP contribution in [-0.4, -0.2) is 62.5 Å². The van der Waals surface area contributed by atoms with Crippen LogP contribution in [0.15, 0.2) is 60.7 Å². The monoisotopic (exact) mass is 636 g/mol. The van der Waals surface area contributed by atoms with E-state index in [0.717, 1.165) is 43.7 Å². The molecule has 3 aromatic rings. The Bertz CT molecular complexity index is 1510. The van der Waals surface area contributed by atoms with Crippen LogP contribution in [0.25, 0.3) is 0 Å². The highest BCUT2D eigenvalue weighted by Gasteiger charge is 2.30. The van der Waals surface area contributed by atoms with Crippen molar-refractivity contribution in [1.82, 2.24) is 10.2 Å². The molecule has 8 nitrogen and oxygen atoms in total. The predicted molar refractivity (Wildman–Crippen MR) is 175 cm³/mol. The zero-order chi connectivity index (χ0) is 31.1. The number of likely N-dealkylation sites (tertiary alicyclic amines) is 1. The van der Waals surface area contributed by atoms with Crippen molar-refractivity contribution in [3.8, 4) is 5.75 Å². The molecule has 2 aliphatic heterocycles. The second kappa shape index (κ2) is 14.9. The van der Waals surface area contributed by atoms with Crippen molar-refractivity contribution in [3.63, 3.8) is 0 Å². The summed E-state index contributed by atoms with van der Waals surface area (Å²) in [5.41, 5.74) is 2.80. The SMILES string of the molecule is COc1cc(NC(=O)c2ccccc2Cl)ccc1C(=O)N1CCCC(CC(=O)NCCN2CCCCC2)c2cc(Cl)ccc21. The van der Waals surface area contributed by atoms with Crippen molar-refractivity contribution in [2.24, 2.45) is 0 Å². The van der Waals surface area contributed by atoms with Crippen LogP contribution in [-0.2, 0) is 4.79 Å². The van der Waals surface area contributed by atoms with Gasteiger partial charge in [-0.25, -0.2) is 0 Å². The fraction of sp³-hybridized carbons (Fsp3) is 0.382. The minimum Gasteiger partial charge on any atom is -0.496 e. The van der Waals surface area contributed by atoms with E-state index in [1.165, 1.54) is 26.4 Å². The van der Waals surface area contributed by atoms with Crippen molar-refractivity contribution in [2.45, 2.75) is 44.4 Å². The van der Waals surface area contributed by atoms with Crippen LogP contribution in [0.4, 0.5) is 11.4 Å². The molecule has 2 N–H and O–H groups in total. The molecule has 1 atom stereocenters. The molecule has 5 rings (SSSR count). The van der Waals surface area contributed by atoms with E-state index in [9.17, 15) is 14.4 Å². The number of rotatable bonds is 9. The molecule has 0 aromatic heterocycles. The Morgan fingerprint density at radius 3 is 2.48 bits per heavy atom. The molecular weight excluding hydrogens is 599 g/mol. The summed E-state index contributed by atoms with van der Waals surface area (Å²) >= 11 is 12.6. The third-order valence-electron chi connectivity index (χ3n) is 8.34. The molecule has 1 unspecified atom stereocenters. The first-order valence-corrected chi connectivity index (χ1v) is 15.9. The standard InChI is InChI=1S/C34H38Cl2N4O4/c1-44-31-22-25(38-33(42)26-9-3-4-10-29(26)36)12-13-27(31)34(43)40-18-7-8-23(28-21-24(35)11-14-30(28)40)20-32(41)37-15-19-39-16-5-2-6-17-39/h3-4,9-14,21-23H,2,5-8,15-20H2,1H3,(H,37,41)(H,38,42). The molecule has 10 heteroatoms. The molecule has 2 heterocycles. The van der Waals surface area contributed by atoms with Gasteiger partial charge in [0.05, 0.1) is 23.3 Å². The highest BCUT2D eigenvalue weighted by atomic mass is 35.5. The lowest BCUT2D eigenvalue weighted by atomic mass is 9.90. The van der Waals surface area contributed by atoms with Crippen LogP contribution in [0.3, 0.4) is 0 Å². The number of halogens is 2. The number of fused-ring (bicyclic) bond motifs is 1. The lowest BCUT2D eigenvalue weighted by molar-refractivity contribution is -0.121. The third-order valence-corrected chi connectivity index (χ3v) is 8.90. The number of methoxy groups -OCH3 is 1. The number of piperidine rings is 1. The number of anilines is 2. The van der Waals surface area contributed by atoms with Crippen LogP contribution in [0.2, 0.25) is 10.0 Å². The molecule has 3 amide bonds. The molecule has 0 spiro atoms. The molecule has 232 valence electrons. The lowest BCUT2D eigenvalue weighted by Gasteiger charge is -2.26. The first kappa shape index (κ1) is 31.8. The van der Waals surface area contributed by atoms with E-state index in [2.05, 4.69) is 15.5 Å². The van der Waals surface area contributed by atoms with E-state index in [0.29, 0.717) is 52.1 Å². The summed E-state index contributed by atoms with van der Waals surface area (Å²) in [7, 11) is 1.49. The lowest BCUT2D eigenvalue weighted by Crippen LogP contribution is -2.38. The Labute approximate surface area is 268 Å². The van der Waals surface area contributed by atoms with Crippen molar-refractivity contribution >= 4 is 52.3 Å². The van der Waals surface area contributed by atoms with Crippen molar-refractivity contribution in [3.05, 3.63) is 87.4 Å². The number of nitrogens with zero attached hydrogens (tertiary/aromatic N) is 2. The first-order chi connectivity index (χ1) is 21.3. The molecule has 2 aliphatic rings. The molecule has 1 fully saturated rings. The van der Waals surface area contributed by atoms with Crippen molar-refractivity contribution in [2.75, 3.05) is 50.1 Å². The highest BCUT2D eigenvalue weighted by molar-refractivity contribution is 6.34.